The number of amides is 1. The predicted molar refractivity (Wildman–Crippen MR) is 85.0 cm³/mol. The molecule has 1 saturated heterocycles. The normalized spacial score (nSPS) is 16.9. The average Bonchev–Trinajstić information content (AvgIpc) is 2.52. The zero-order chi connectivity index (χ0) is 16.2. The van der Waals surface area contributed by atoms with E-state index in [4.69, 9.17) is 4.74 Å². The first-order chi connectivity index (χ1) is 10.4. The van der Waals surface area contributed by atoms with E-state index in [0.717, 1.165) is 11.3 Å². The van der Waals surface area contributed by atoms with Gasteiger partial charge in [0.2, 0.25) is 15.9 Å². The number of sulfonamides is 1. The number of rotatable bonds is 4. The molecule has 1 aromatic carbocycles. The number of hydrogen-bond acceptors (Lipinski definition) is 4. The Balaban J connectivity index is 1.94. The molecule has 0 aliphatic carbocycles. The van der Waals surface area contributed by atoms with Crippen molar-refractivity contribution in [3.05, 3.63) is 35.9 Å². The number of methoxy groups -OCH3 is 1. The Hall–Kier alpha value is -1.86. The Morgan fingerprint density at radius 1 is 1.23 bits per heavy atom. The van der Waals surface area contributed by atoms with Crippen LogP contribution in [0, 0.1) is 0 Å². The lowest BCUT2D eigenvalue weighted by atomic mass is 10.2. The zero-order valence-corrected chi connectivity index (χ0v) is 13.5. The van der Waals surface area contributed by atoms with Crippen LogP contribution >= 0.6 is 0 Å². The fourth-order valence-electron chi connectivity index (χ4n) is 2.26. The molecule has 6 nitrogen and oxygen atoms in total. The molecule has 1 aromatic rings. The molecule has 0 radical (unpaired) electrons. The average molecular weight is 324 g/mol. The Labute approximate surface area is 131 Å². The van der Waals surface area contributed by atoms with E-state index in [1.165, 1.54) is 16.6 Å². The molecule has 1 heterocycles. The Bertz CT molecular complexity index is 662. The number of carbonyl (C=O) groups excluding carboxylic acids is 1. The maximum absolute atomic E-state index is 12.1. The van der Waals surface area contributed by atoms with Gasteiger partial charge < -0.3 is 9.64 Å². The van der Waals surface area contributed by atoms with Crippen molar-refractivity contribution in [2.75, 3.05) is 39.5 Å². The molecular formula is C15H20N2O4S. The maximum Gasteiger partial charge on any atom is 0.246 e. The zero-order valence-electron chi connectivity index (χ0n) is 12.7. The van der Waals surface area contributed by atoms with Gasteiger partial charge in [0, 0.05) is 32.3 Å². The van der Waals surface area contributed by atoms with Crippen LogP contribution < -0.4 is 4.74 Å². The molecule has 1 amide bonds. The summed E-state index contributed by atoms with van der Waals surface area (Å²) in [5.41, 5.74) is 0.877. The molecule has 7 heteroatoms. The number of ether oxygens (including phenoxy) is 1. The molecule has 1 aliphatic rings. The van der Waals surface area contributed by atoms with E-state index in [1.54, 1.807) is 18.1 Å². The van der Waals surface area contributed by atoms with Crippen LogP contribution in [0.4, 0.5) is 0 Å². The highest BCUT2D eigenvalue weighted by atomic mass is 32.2. The number of hydrogen-bond donors (Lipinski definition) is 0. The van der Waals surface area contributed by atoms with Gasteiger partial charge in [-0.1, -0.05) is 12.1 Å². The third-order valence-corrected chi connectivity index (χ3v) is 4.83. The second-order valence-electron chi connectivity index (χ2n) is 5.10. The molecule has 0 N–H and O–H groups in total. The molecule has 1 fully saturated rings. The van der Waals surface area contributed by atoms with E-state index in [1.807, 2.05) is 24.3 Å². The van der Waals surface area contributed by atoms with Crippen LogP contribution in [0.3, 0.4) is 0 Å². The van der Waals surface area contributed by atoms with Crippen molar-refractivity contribution < 1.29 is 17.9 Å². The predicted octanol–water partition coefficient (Wildman–Crippen LogP) is 0.812. The summed E-state index contributed by atoms with van der Waals surface area (Å²) in [6.45, 7) is 1.51. The largest absolute Gasteiger partial charge is 0.497 e. The van der Waals surface area contributed by atoms with Gasteiger partial charge >= 0.3 is 0 Å². The van der Waals surface area contributed by atoms with Crippen LogP contribution in [0.1, 0.15) is 5.56 Å². The van der Waals surface area contributed by atoms with Crippen molar-refractivity contribution in [2.24, 2.45) is 0 Å². The monoisotopic (exact) mass is 324 g/mol. The van der Waals surface area contributed by atoms with E-state index in [0.29, 0.717) is 26.2 Å². The Morgan fingerprint density at radius 3 is 2.50 bits per heavy atom. The van der Waals surface area contributed by atoms with Crippen molar-refractivity contribution in [3.63, 3.8) is 0 Å². The molecule has 0 unspecified atom stereocenters. The molecule has 0 atom stereocenters. The number of nitrogens with zero attached hydrogens (tertiary/aromatic N) is 2. The molecule has 0 spiro atoms. The van der Waals surface area contributed by atoms with E-state index < -0.39 is 10.0 Å². The van der Waals surface area contributed by atoms with Gasteiger partial charge in [0.15, 0.2) is 0 Å². The number of piperazine rings is 1. The number of carbonyl (C=O) groups is 1. The Kier molecular flexibility index (Phi) is 5.20. The summed E-state index contributed by atoms with van der Waals surface area (Å²) in [6.07, 6.45) is 4.42. The summed E-state index contributed by atoms with van der Waals surface area (Å²) in [5.74, 6) is 0.618. The SMILES string of the molecule is COc1cccc(/C=C/C(=O)N2CCN(S(C)(=O)=O)CC2)c1. The van der Waals surface area contributed by atoms with Crippen LogP contribution in [-0.2, 0) is 14.8 Å². The molecule has 2 rings (SSSR count). The second kappa shape index (κ2) is 6.93. The van der Waals surface area contributed by atoms with Gasteiger partial charge in [0.05, 0.1) is 13.4 Å². The lowest BCUT2D eigenvalue weighted by molar-refractivity contribution is -0.127. The van der Waals surface area contributed by atoms with Gasteiger partial charge in [-0.2, -0.15) is 4.31 Å². The number of benzene rings is 1. The van der Waals surface area contributed by atoms with Crippen LogP contribution in [0.5, 0.6) is 5.75 Å². The van der Waals surface area contributed by atoms with Crippen LogP contribution in [0.2, 0.25) is 0 Å². The van der Waals surface area contributed by atoms with Crippen LogP contribution in [0.15, 0.2) is 30.3 Å². The smallest absolute Gasteiger partial charge is 0.246 e. The highest BCUT2D eigenvalue weighted by Crippen LogP contribution is 2.14. The molecule has 1 aliphatic heterocycles. The van der Waals surface area contributed by atoms with Crippen molar-refractivity contribution in [3.8, 4) is 5.75 Å². The van der Waals surface area contributed by atoms with Crippen molar-refractivity contribution in [1.82, 2.24) is 9.21 Å². The highest BCUT2D eigenvalue weighted by molar-refractivity contribution is 7.88. The fourth-order valence-corrected chi connectivity index (χ4v) is 3.08. The van der Waals surface area contributed by atoms with Crippen molar-refractivity contribution in [2.45, 2.75) is 0 Å². The summed E-state index contributed by atoms with van der Waals surface area (Å²) in [6, 6.07) is 7.41. The quantitative estimate of drug-likeness (QED) is 0.769. The van der Waals surface area contributed by atoms with Gasteiger partial charge in [-0.25, -0.2) is 8.42 Å². The lowest BCUT2D eigenvalue weighted by Gasteiger charge is -2.32. The van der Waals surface area contributed by atoms with Crippen molar-refractivity contribution >= 4 is 22.0 Å². The van der Waals surface area contributed by atoms with E-state index in [2.05, 4.69) is 0 Å². The summed E-state index contributed by atoms with van der Waals surface area (Å²) in [5, 5.41) is 0. The van der Waals surface area contributed by atoms with Gasteiger partial charge in [0.25, 0.3) is 0 Å². The topological polar surface area (TPSA) is 66.9 Å². The van der Waals surface area contributed by atoms with Gasteiger partial charge in [-0.3, -0.25) is 4.79 Å². The van der Waals surface area contributed by atoms with Gasteiger partial charge in [-0.05, 0) is 23.8 Å². The first-order valence-electron chi connectivity index (χ1n) is 6.96. The minimum Gasteiger partial charge on any atom is -0.497 e. The first-order valence-corrected chi connectivity index (χ1v) is 8.81. The summed E-state index contributed by atoms with van der Waals surface area (Å²) in [7, 11) is -1.58. The summed E-state index contributed by atoms with van der Waals surface area (Å²) < 4.78 is 29.4. The van der Waals surface area contributed by atoms with Gasteiger partial charge in [0.1, 0.15) is 5.75 Å². The Morgan fingerprint density at radius 2 is 1.91 bits per heavy atom. The minimum absolute atomic E-state index is 0.115. The van der Waals surface area contributed by atoms with E-state index in [-0.39, 0.29) is 5.91 Å². The van der Waals surface area contributed by atoms with Crippen molar-refractivity contribution in [1.29, 1.82) is 0 Å². The first kappa shape index (κ1) is 16.5. The fraction of sp³-hybridized carbons (Fsp3) is 0.400. The third kappa shape index (κ3) is 4.32. The molecule has 0 aromatic heterocycles. The summed E-state index contributed by atoms with van der Waals surface area (Å²) >= 11 is 0. The molecule has 0 saturated carbocycles. The van der Waals surface area contributed by atoms with Gasteiger partial charge in [-0.15, -0.1) is 0 Å². The van der Waals surface area contributed by atoms with E-state index in [9.17, 15) is 13.2 Å². The molecule has 22 heavy (non-hydrogen) atoms. The van der Waals surface area contributed by atoms with E-state index >= 15 is 0 Å². The second-order valence-corrected chi connectivity index (χ2v) is 7.08. The molecular weight excluding hydrogens is 304 g/mol. The molecule has 120 valence electrons. The highest BCUT2D eigenvalue weighted by Gasteiger charge is 2.24. The van der Waals surface area contributed by atoms with Crippen LogP contribution in [-0.4, -0.2) is 63.1 Å². The maximum atomic E-state index is 12.1. The standard InChI is InChI=1S/C15H20N2O4S/c1-21-14-5-3-4-13(12-14)6-7-15(18)16-8-10-17(11-9-16)22(2,19)20/h3-7,12H,8-11H2,1-2H3/b7-6+. The van der Waals surface area contributed by atoms with Crippen LogP contribution in [0.25, 0.3) is 6.08 Å². The molecule has 0 bridgehead atoms. The third-order valence-electron chi connectivity index (χ3n) is 3.53. The summed E-state index contributed by atoms with van der Waals surface area (Å²) in [4.78, 5) is 13.8. The minimum atomic E-state index is -3.17. The lowest BCUT2D eigenvalue weighted by Crippen LogP contribution is -2.49.